The molecule has 22 heavy (non-hydrogen) atoms. The molecule has 0 bridgehead atoms. The minimum absolute atomic E-state index is 0.00256. The number of amides is 1. The number of hydrogen-bond acceptors (Lipinski definition) is 3. The molecule has 0 saturated heterocycles. The van der Waals surface area contributed by atoms with Gasteiger partial charge in [0.2, 0.25) is 5.91 Å². The maximum atomic E-state index is 13.0. The Labute approximate surface area is 130 Å². The molecule has 0 heterocycles. The van der Waals surface area contributed by atoms with Gasteiger partial charge in [-0.1, -0.05) is 23.7 Å². The van der Waals surface area contributed by atoms with Gasteiger partial charge in [0.1, 0.15) is 10.8 Å². The molecular weight excluding hydrogens is 311 g/mol. The Kier molecular flexibility index (Phi) is 5.06. The van der Waals surface area contributed by atoms with Gasteiger partial charge in [-0.3, -0.25) is 14.9 Å². The first-order valence-electron chi connectivity index (χ1n) is 6.44. The van der Waals surface area contributed by atoms with Crippen molar-refractivity contribution in [1.82, 2.24) is 0 Å². The van der Waals surface area contributed by atoms with E-state index in [1.165, 1.54) is 30.3 Å². The van der Waals surface area contributed by atoms with Crippen molar-refractivity contribution < 1.29 is 14.1 Å². The number of nitrogens with one attached hydrogen (secondary N) is 1. The maximum Gasteiger partial charge on any atom is 0.289 e. The standard InChI is InChI=1S/C15H12ClFN2O3/c16-13-6-5-12(9-14(13)19(21)22)18-15(20)7-4-10-2-1-3-11(17)8-10/h1-3,5-6,8-9H,4,7H2,(H,18,20). The van der Waals surface area contributed by atoms with Crippen molar-refractivity contribution in [1.29, 1.82) is 0 Å². The molecule has 114 valence electrons. The lowest BCUT2D eigenvalue weighted by Crippen LogP contribution is -2.12. The second-order valence-electron chi connectivity index (χ2n) is 4.60. The Morgan fingerprint density at radius 3 is 2.73 bits per heavy atom. The summed E-state index contributed by atoms with van der Waals surface area (Å²) in [5.41, 5.74) is 0.724. The van der Waals surface area contributed by atoms with Crippen molar-refractivity contribution in [3.63, 3.8) is 0 Å². The summed E-state index contributed by atoms with van der Waals surface area (Å²) in [7, 11) is 0. The first kappa shape index (κ1) is 15.9. The highest BCUT2D eigenvalue weighted by Crippen LogP contribution is 2.27. The molecule has 0 unspecified atom stereocenters. The molecule has 2 aromatic carbocycles. The Bertz CT molecular complexity index is 722. The fourth-order valence-electron chi connectivity index (χ4n) is 1.90. The van der Waals surface area contributed by atoms with E-state index in [1.807, 2.05) is 0 Å². The molecule has 1 amide bonds. The minimum Gasteiger partial charge on any atom is -0.326 e. The fraction of sp³-hybridized carbons (Fsp3) is 0.133. The summed E-state index contributed by atoms with van der Waals surface area (Å²) in [4.78, 5) is 22.0. The minimum atomic E-state index is -0.620. The average molecular weight is 323 g/mol. The van der Waals surface area contributed by atoms with E-state index in [0.717, 1.165) is 0 Å². The van der Waals surface area contributed by atoms with E-state index in [0.29, 0.717) is 17.7 Å². The van der Waals surface area contributed by atoms with E-state index in [9.17, 15) is 19.3 Å². The number of aryl methyl sites for hydroxylation is 1. The van der Waals surface area contributed by atoms with Gasteiger partial charge in [-0.05, 0) is 36.2 Å². The molecule has 2 rings (SSSR count). The van der Waals surface area contributed by atoms with Crippen LogP contribution in [0.4, 0.5) is 15.8 Å². The molecule has 2 aromatic rings. The average Bonchev–Trinajstić information content (AvgIpc) is 2.47. The predicted molar refractivity (Wildman–Crippen MR) is 81.5 cm³/mol. The summed E-state index contributed by atoms with van der Waals surface area (Å²) in [5, 5.41) is 13.3. The molecule has 0 atom stereocenters. The number of nitro benzene ring substituents is 1. The van der Waals surface area contributed by atoms with E-state index >= 15 is 0 Å². The lowest BCUT2D eigenvalue weighted by molar-refractivity contribution is -0.384. The van der Waals surface area contributed by atoms with Gasteiger partial charge in [-0.2, -0.15) is 0 Å². The van der Waals surface area contributed by atoms with Crippen molar-refractivity contribution in [3.05, 3.63) is 69.0 Å². The zero-order valence-electron chi connectivity index (χ0n) is 11.4. The maximum absolute atomic E-state index is 13.0. The molecule has 7 heteroatoms. The summed E-state index contributed by atoms with van der Waals surface area (Å²) >= 11 is 5.69. The van der Waals surface area contributed by atoms with Crippen LogP contribution in [0.3, 0.4) is 0 Å². The topological polar surface area (TPSA) is 72.2 Å². The number of benzene rings is 2. The molecule has 0 saturated carbocycles. The largest absolute Gasteiger partial charge is 0.326 e. The van der Waals surface area contributed by atoms with Crippen LogP contribution in [0.25, 0.3) is 0 Å². The van der Waals surface area contributed by atoms with Crippen LogP contribution < -0.4 is 5.32 Å². The van der Waals surface area contributed by atoms with Crippen LogP contribution in [0.5, 0.6) is 0 Å². The Morgan fingerprint density at radius 1 is 1.27 bits per heavy atom. The number of carbonyl (C=O) groups excluding carboxylic acids is 1. The quantitative estimate of drug-likeness (QED) is 0.669. The van der Waals surface area contributed by atoms with E-state index in [4.69, 9.17) is 11.6 Å². The van der Waals surface area contributed by atoms with Crippen molar-refractivity contribution in [2.75, 3.05) is 5.32 Å². The molecular formula is C15H12ClFN2O3. The lowest BCUT2D eigenvalue weighted by Gasteiger charge is -2.06. The second-order valence-corrected chi connectivity index (χ2v) is 5.01. The number of carbonyl (C=O) groups is 1. The molecule has 0 spiro atoms. The zero-order chi connectivity index (χ0) is 16.1. The third-order valence-electron chi connectivity index (χ3n) is 2.96. The van der Waals surface area contributed by atoms with Gasteiger partial charge in [0.05, 0.1) is 4.92 Å². The summed E-state index contributed by atoms with van der Waals surface area (Å²) in [6.45, 7) is 0. The normalized spacial score (nSPS) is 10.3. The predicted octanol–water partition coefficient (Wildman–Crippen LogP) is 3.96. The second kappa shape index (κ2) is 7.00. The van der Waals surface area contributed by atoms with Crippen molar-refractivity contribution in [2.24, 2.45) is 0 Å². The smallest absolute Gasteiger partial charge is 0.289 e. The number of hydrogen-bond donors (Lipinski definition) is 1. The van der Waals surface area contributed by atoms with Crippen LogP contribution in [-0.2, 0) is 11.2 Å². The van der Waals surface area contributed by atoms with E-state index < -0.39 is 4.92 Å². The summed E-state index contributed by atoms with van der Waals surface area (Å²) in [6, 6.07) is 10.0. The molecule has 0 aromatic heterocycles. The fourth-order valence-corrected chi connectivity index (χ4v) is 2.09. The van der Waals surface area contributed by atoms with Crippen LogP contribution in [0.1, 0.15) is 12.0 Å². The molecule has 1 N–H and O–H groups in total. The first-order valence-corrected chi connectivity index (χ1v) is 6.82. The van der Waals surface area contributed by atoms with Crippen molar-refractivity contribution >= 4 is 28.9 Å². The van der Waals surface area contributed by atoms with Crippen LogP contribution in [0, 0.1) is 15.9 Å². The van der Waals surface area contributed by atoms with Gasteiger partial charge in [0, 0.05) is 18.2 Å². The lowest BCUT2D eigenvalue weighted by atomic mass is 10.1. The summed E-state index contributed by atoms with van der Waals surface area (Å²) in [6.07, 6.45) is 0.513. The van der Waals surface area contributed by atoms with E-state index in [-0.39, 0.29) is 28.9 Å². The van der Waals surface area contributed by atoms with E-state index in [2.05, 4.69) is 5.32 Å². The Balaban J connectivity index is 1.97. The third kappa shape index (κ3) is 4.26. The van der Waals surface area contributed by atoms with Crippen LogP contribution in [-0.4, -0.2) is 10.8 Å². The summed E-state index contributed by atoms with van der Waals surface area (Å²) < 4.78 is 13.0. The number of nitrogens with zero attached hydrogens (tertiary/aromatic N) is 1. The zero-order valence-corrected chi connectivity index (χ0v) is 12.1. The van der Waals surface area contributed by atoms with Gasteiger partial charge in [-0.15, -0.1) is 0 Å². The Hall–Kier alpha value is -2.47. The van der Waals surface area contributed by atoms with Gasteiger partial charge in [0.15, 0.2) is 0 Å². The van der Waals surface area contributed by atoms with Gasteiger partial charge in [-0.25, -0.2) is 4.39 Å². The van der Waals surface area contributed by atoms with Crippen molar-refractivity contribution in [2.45, 2.75) is 12.8 Å². The first-order chi connectivity index (χ1) is 10.5. The highest BCUT2D eigenvalue weighted by molar-refractivity contribution is 6.32. The number of halogens is 2. The molecule has 0 fully saturated rings. The number of rotatable bonds is 5. The highest BCUT2D eigenvalue weighted by atomic mass is 35.5. The molecule has 0 aliphatic carbocycles. The van der Waals surface area contributed by atoms with Crippen LogP contribution >= 0.6 is 11.6 Å². The monoisotopic (exact) mass is 322 g/mol. The number of anilines is 1. The van der Waals surface area contributed by atoms with Crippen molar-refractivity contribution in [3.8, 4) is 0 Å². The SMILES string of the molecule is O=C(CCc1cccc(F)c1)Nc1ccc(Cl)c([N+](=O)[O-])c1. The molecule has 0 aliphatic rings. The molecule has 5 nitrogen and oxygen atoms in total. The third-order valence-corrected chi connectivity index (χ3v) is 3.28. The molecule has 0 radical (unpaired) electrons. The van der Waals surface area contributed by atoms with Gasteiger partial charge in [0.25, 0.3) is 5.69 Å². The summed E-state index contributed by atoms with van der Waals surface area (Å²) in [5.74, 6) is -0.674. The van der Waals surface area contributed by atoms with Gasteiger partial charge < -0.3 is 5.32 Å². The van der Waals surface area contributed by atoms with Gasteiger partial charge >= 0.3 is 0 Å². The number of nitro groups is 1. The Morgan fingerprint density at radius 2 is 2.05 bits per heavy atom. The van der Waals surface area contributed by atoms with Crippen LogP contribution in [0.2, 0.25) is 5.02 Å². The van der Waals surface area contributed by atoms with Crippen LogP contribution in [0.15, 0.2) is 42.5 Å². The highest BCUT2D eigenvalue weighted by Gasteiger charge is 2.13. The molecule has 0 aliphatic heterocycles. The van der Waals surface area contributed by atoms with E-state index in [1.54, 1.807) is 12.1 Å².